The average molecular weight is 295 g/mol. The number of amides is 1. The van der Waals surface area contributed by atoms with Crippen LogP contribution in [0.4, 0.5) is 0 Å². The lowest BCUT2D eigenvalue weighted by molar-refractivity contribution is -0.123. The number of para-hydroxylation sites is 1. The van der Waals surface area contributed by atoms with Crippen LogP contribution >= 0.6 is 0 Å². The van der Waals surface area contributed by atoms with E-state index in [2.05, 4.69) is 10.5 Å². The van der Waals surface area contributed by atoms with Gasteiger partial charge in [-0.1, -0.05) is 17.3 Å². The van der Waals surface area contributed by atoms with Gasteiger partial charge >= 0.3 is 0 Å². The molecule has 0 aliphatic heterocycles. The number of nitrogens with one attached hydrogen (secondary N) is 1. The number of carbonyl (C=O) groups is 1. The van der Waals surface area contributed by atoms with Crippen LogP contribution in [0.5, 0.6) is 5.75 Å². The molecule has 0 unspecified atom stereocenters. The Bertz CT molecular complexity index is 477. The van der Waals surface area contributed by atoms with Crippen molar-refractivity contribution in [3.8, 4) is 5.75 Å². The Morgan fingerprint density at radius 1 is 1.38 bits per heavy atom. The summed E-state index contributed by atoms with van der Waals surface area (Å²) in [7, 11) is 1.64. The van der Waals surface area contributed by atoms with Crippen molar-refractivity contribution in [1.82, 2.24) is 5.32 Å². The topological polar surface area (TPSA) is 106 Å². The molecule has 1 aromatic carbocycles. The number of hydrogen-bond donors (Lipinski definition) is 3. The number of rotatable bonds is 9. The minimum Gasteiger partial charge on any atom is -0.483 e. The normalized spacial score (nSPS) is 11.2. The van der Waals surface area contributed by atoms with E-state index in [1.807, 2.05) is 0 Å². The van der Waals surface area contributed by atoms with Crippen molar-refractivity contribution in [3.05, 3.63) is 29.8 Å². The lowest BCUT2D eigenvalue weighted by Crippen LogP contribution is -2.30. The van der Waals surface area contributed by atoms with Crippen LogP contribution in [0.1, 0.15) is 18.4 Å². The molecule has 0 aromatic heterocycles. The van der Waals surface area contributed by atoms with Crippen LogP contribution in [0.2, 0.25) is 0 Å². The molecule has 0 bridgehead atoms. The third-order valence-corrected chi connectivity index (χ3v) is 2.73. The smallest absolute Gasteiger partial charge is 0.257 e. The lowest BCUT2D eigenvalue weighted by atomic mass is 10.2. The molecule has 7 heteroatoms. The van der Waals surface area contributed by atoms with E-state index < -0.39 is 0 Å². The Morgan fingerprint density at radius 3 is 2.86 bits per heavy atom. The average Bonchev–Trinajstić information content (AvgIpc) is 2.52. The Morgan fingerprint density at radius 2 is 2.14 bits per heavy atom. The fourth-order valence-corrected chi connectivity index (χ4v) is 1.65. The molecule has 1 aromatic rings. The van der Waals surface area contributed by atoms with Gasteiger partial charge in [0.1, 0.15) is 5.75 Å². The minimum absolute atomic E-state index is 0.0643. The van der Waals surface area contributed by atoms with Gasteiger partial charge in [0.25, 0.3) is 5.91 Å². The summed E-state index contributed by atoms with van der Waals surface area (Å²) < 4.78 is 10.3. The van der Waals surface area contributed by atoms with Crippen LogP contribution in [0.25, 0.3) is 0 Å². The van der Waals surface area contributed by atoms with Gasteiger partial charge in [-0.3, -0.25) is 4.79 Å². The Balaban J connectivity index is 2.40. The molecule has 4 N–H and O–H groups in total. The maximum atomic E-state index is 11.6. The van der Waals surface area contributed by atoms with E-state index in [-0.39, 0.29) is 18.3 Å². The highest BCUT2D eigenvalue weighted by atomic mass is 16.5. The first-order chi connectivity index (χ1) is 10.2. The number of amidine groups is 1. The Hall–Kier alpha value is -2.28. The van der Waals surface area contributed by atoms with Gasteiger partial charge in [-0.15, -0.1) is 0 Å². The molecule has 0 aliphatic rings. The summed E-state index contributed by atoms with van der Waals surface area (Å²) in [6.45, 7) is 1.13. The number of ether oxygens (including phenoxy) is 2. The fraction of sp³-hybridized carbons (Fsp3) is 0.429. The van der Waals surface area contributed by atoms with E-state index in [1.165, 1.54) is 0 Å². The summed E-state index contributed by atoms with van der Waals surface area (Å²) in [6, 6.07) is 6.77. The molecule has 0 saturated heterocycles. The number of hydrogen-bond acceptors (Lipinski definition) is 5. The van der Waals surface area contributed by atoms with E-state index in [0.717, 1.165) is 12.8 Å². The maximum absolute atomic E-state index is 11.6. The highest BCUT2D eigenvalue weighted by Gasteiger charge is 2.09. The summed E-state index contributed by atoms with van der Waals surface area (Å²) in [5.41, 5.74) is 5.97. The lowest BCUT2D eigenvalue weighted by Gasteiger charge is -2.10. The predicted octanol–water partition coefficient (Wildman–Crippen LogP) is 0.703. The van der Waals surface area contributed by atoms with Crippen LogP contribution in [-0.4, -0.2) is 43.8 Å². The number of nitrogens with two attached hydrogens (primary N) is 1. The zero-order valence-corrected chi connectivity index (χ0v) is 12.0. The van der Waals surface area contributed by atoms with Gasteiger partial charge in [0.2, 0.25) is 0 Å². The first-order valence-corrected chi connectivity index (χ1v) is 6.64. The summed E-state index contributed by atoms with van der Waals surface area (Å²) in [5, 5.41) is 14.4. The summed E-state index contributed by atoms with van der Waals surface area (Å²) in [4.78, 5) is 11.6. The maximum Gasteiger partial charge on any atom is 0.257 e. The van der Waals surface area contributed by atoms with Gasteiger partial charge in [0.15, 0.2) is 12.4 Å². The molecular formula is C14H21N3O4. The number of oxime groups is 1. The highest BCUT2D eigenvalue weighted by molar-refractivity contribution is 5.99. The second-order valence-corrected chi connectivity index (χ2v) is 4.32. The molecule has 0 radical (unpaired) electrons. The Kier molecular flexibility index (Phi) is 7.67. The first kappa shape index (κ1) is 16.8. The van der Waals surface area contributed by atoms with Gasteiger partial charge in [-0.25, -0.2) is 0 Å². The Labute approximate surface area is 123 Å². The predicted molar refractivity (Wildman–Crippen MR) is 78.6 cm³/mol. The van der Waals surface area contributed by atoms with E-state index in [4.69, 9.17) is 20.4 Å². The van der Waals surface area contributed by atoms with Crippen LogP contribution < -0.4 is 15.8 Å². The van der Waals surface area contributed by atoms with E-state index in [9.17, 15) is 4.79 Å². The molecular weight excluding hydrogens is 274 g/mol. The number of nitrogens with zero attached hydrogens (tertiary/aromatic N) is 1. The van der Waals surface area contributed by atoms with Gasteiger partial charge < -0.3 is 25.7 Å². The molecule has 1 amide bonds. The second-order valence-electron chi connectivity index (χ2n) is 4.32. The van der Waals surface area contributed by atoms with Crippen molar-refractivity contribution in [2.24, 2.45) is 10.9 Å². The number of carbonyl (C=O) groups excluding carboxylic acids is 1. The molecule has 0 saturated carbocycles. The minimum atomic E-state index is -0.221. The molecule has 0 atom stereocenters. The molecule has 0 heterocycles. The highest BCUT2D eigenvalue weighted by Crippen LogP contribution is 2.17. The van der Waals surface area contributed by atoms with E-state index in [1.54, 1.807) is 31.4 Å². The SMILES string of the molecule is COCCCCNC(=O)COc1ccccc1C(N)=NO. The van der Waals surface area contributed by atoms with Crippen molar-refractivity contribution < 1.29 is 19.5 Å². The van der Waals surface area contributed by atoms with E-state index >= 15 is 0 Å². The van der Waals surface area contributed by atoms with Crippen LogP contribution in [-0.2, 0) is 9.53 Å². The summed E-state index contributed by atoms with van der Waals surface area (Å²) in [5.74, 6) is 0.106. The van der Waals surface area contributed by atoms with Crippen molar-refractivity contribution >= 4 is 11.7 Å². The van der Waals surface area contributed by atoms with Crippen molar-refractivity contribution in [3.63, 3.8) is 0 Å². The molecule has 7 nitrogen and oxygen atoms in total. The van der Waals surface area contributed by atoms with Gasteiger partial charge in [-0.05, 0) is 25.0 Å². The quantitative estimate of drug-likeness (QED) is 0.204. The van der Waals surface area contributed by atoms with Crippen molar-refractivity contribution in [1.29, 1.82) is 0 Å². The second kappa shape index (κ2) is 9.60. The zero-order chi connectivity index (χ0) is 15.5. The standard InChI is InChI=1S/C14H21N3O4/c1-20-9-5-4-8-16-13(18)10-21-12-7-3-2-6-11(12)14(15)17-19/h2-3,6-7,19H,4-5,8-10H2,1H3,(H2,15,17)(H,16,18). The third kappa shape index (κ3) is 6.13. The monoisotopic (exact) mass is 295 g/mol. The third-order valence-electron chi connectivity index (χ3n) is 2.73. The first-order valence-electron chi connectivity index (χ1n) is 6.64. The molecule has 0 fully saturated rings. The fourth-order valence-electron chi connectivity index (χ4n) is 1.65. The molecule has 0 aliphatic carbocycles. The van der Waals surface area contributed by atoms with Gasteiger partial charge in [-0.2, -0.15) is 0 Å². The number of unbranched alkanes of at least 4 members (excludes halogenated alkanes) is 1. The summed E-state index contributed by atoms with van der Waals surface area (Å²) in [6.07, 6.45) is 1.74. The van der Waals surface area contributed by atoms with Crippen LogP contribution in [0.15, 0.2) is 29.4 Å². The van der Waals surface area contributed by atoms with Gasteiger partial charge in [0.05, 0.1) is 5.56 Å². The van der Waals surface area contributed by atoms with Crippen LogP contribution in [0.3, 0.4) is 0 Å². The van der Waals surface area contributed by atoms with E-state index in [0.29, 0.717) is 24.5 Å². The zero-order valence-electron chi connectivity index (χ0n) is 12.0. The molecule has 116 valence electrons. The number of benzene rings is 1. The largest absolute Gasteiger partial charge is 0.483 e. The van der Waals surface area contributed by atoms with Crippen LogP contribution in [0, 0.1) is 0 Å². The molecule has 1 rings (SSSR count). The molecule has 0 spiro atoms. The summed E-state index contributed by atoms with van der Waals surface area (Å²) >= 11 is 0. The molecule has 21 heavy (non-hydrogen) atoms. The van der Waals surface area contributed by atoms with Gasteiger partial charge in [0, 0.05) is 20.3 Å². The van der Waals surface area contributed by atoms with Crippen molar-refractivity contribution in [2.45, 2.75) is 12.8 Å². The van der Waals surface area contributed by atoms with Crippen molar-refractivity contribution in [2.75, 3.05) is 26.9 Å². The number of methoxy groups -OCH3 is 1.